The number of hydrogen-bond acceptors (Lipinski definition) is 3. The molecule has 19 heavy (non-hydrogen) atoms. The van der Waals surface area contributed by atoms with Gasteiger partial charge in [-0.1, -0.05) is 6.42 Å². The van der Waals surface area contributed by atoms with Crippen LogP contribution >= 0.6 is 0 Å². The number of rotatable bonds is 3. The molecule has 0 bridgehead atoms. The molecule has 1 amide bonds. The molecule has 2 aliphatic rings. The van der Waals surface area contributed by atoms with Gasteiger partial charge >= 0.3 is 0 Å². The van der Waals surface area contributed by atoms with Crippen molar-refractivity contribution in [1.29, 1.82) is 0 Å². The van der Waals surface area contributed by atoms with Gasteiger partial charge in [0.1, 0.15) is 0 Å². The molecule has 4 heteroatoms. The summed E-state index contributed by atoms with van der Waals surface area (Å²) in [5, 5.41) is 3.53. The smallest absolute Gasteiger partial charge is 0.222 e. The van der Waals surface area contributed by atoms with Crippen molar-refractivity contribution in [2.45, 2.75) is 57.5 Å². The van der Waals surface area contributed by atoms with Crippen LogP contribution in [0, 0.1) is 0 Å². The molecule has 0 aromatic carbocycles. The van der Waals surface area contributed by atoms with Crippen molar-refractivity contribution >= 4 is 5.91 Å². The molecule has 0 aromatic heterocycles. The fraction of sp³-hybridized carbons (Fsp3) is 0.933. The number of nitrogens with zero attached hydrogens (tertiary/aromatic N) is 2. The summed E-state index contributed by atoms with van der Waals surface area (Å²) in [6.45, 7) is 6.36. The van der Waals surface area contributed by atoms with E-state index in [2.05, 4.69) is 29.1 Å². The van der Waals surface area contributed by atoms with Crippen LogP contribution in [0.25, 0.3) is 0 Å². The van der Waals surface area contributed by atoms with Gasteiger partial charge in [0.15, 0.2) is 0 Å². The van der Waals surface area contributed by atoms with E-state index < -0.39 is 0 Å². The first-order chi connectivity index (χ1) is 9.16. The fourth-order valence-electron chi connectivity index (χ4n) is 3.35. The van der Waals surface area contributed by atoms with E-state index in [0.717, 1.165) is 39.0 Å². The second kappa shape index (κ2) is 7.25. The number of nitrogens with one attached hydrogen (secondary N) is 1. The molecule has 0 aliphatic carbocycles. The number of hydrogen-bond donors (Lipinski definition) is 1. The Balaban J connectivity index is 1.77. The highest BCUT2D eigenvalue weighted by Crippen LogP contribution is 2.15. The maximum atomic E-state index is 12.4. The summed E-state index contributed by atoms with van der Waals surface area (Å²) < 4.78 is 0. The Morgan fingerprint density at radius 3 is 2.84 bits per heavy atom. The molecule has 2 heterocycles. The average Bonchev–Trinajstić information content (AvgIpc) is 2.58. The highest BCUT2D eigenvalue weighted by atomic mass is 16.2. The quantitative estimate of drug-likeness (QED) is 0.841. The molecule has 2 unspecified atom stereocenters. The normalized spacial score (nSPS) is 30.1. The lowest BCUT2D eigenvalue weighted by Crippen LogP contribution is -2.43. The van der Waals surface area contributed by atoms with Crippen LogP contribution < -0.4 is 5.32 Å². The Labute approximate surface area is 117 Å². The summed E-state index contributed by atoms with van der Waals surface area (Å²) in [5.74, 6) is 0.357. The predicted octanol–water partition coefficient (Wildman–Crippen LogP) is 1.46. The molecular weight excluding hydrogens is 238 g/mol. The Bertz CT molecular complexity index is 289. The number of likely N-dealkylation sites (N-methyl/N-ethyl adjacent to an activating group) is 1. The third kappa shape index (κ3) is 4.46. The largest absolute Gasteiger partial charge is 0.339 e. The molecule has 4 nitrogen and oxygen atoms in total. The van der Waals surface area contributed by atoms with Crippen LogP contribution in [-0.2, 0) is 4.79 Å². The van der Waals surface area contributed by atoms with Crippen molar-refractivity contribution < 1.29 is 4.79 Å². The summed E-state index contributed by atoms with van der Waals surface area (Å²) in [5.41, 5.74) is 0. The van der Waals surface area contributed by atoms with Gasteiger partial charge in [-0.2, -0.15) is 0 Å². The number of amides is 1. The minimum absolute atomic E-state index is 0.357. The second-order valence-electron chi connectivity index (χ2n) is 6.24. The van der Waals surface area contributed by atoms with Crippen molar-refractivity contribution in [3.05, 3.63) is 0 Å². The van der Waals surface area contributed by atoms with Gasteiger partial charge in [0, 0.05) is 31.6 Å². The number of carbonyl (C=O) groups is 1. The van der Waals surface area contributed by atoms with Crippen molar-refractivity contribution in [2.24, 2.45) is 0 Å². The minimum atomic E-state index is 0.357. The molecule has 0 radical (unpaired) electrons. The predicted molar refractivity (Wildman–Crippen MR) is 78.2 cm³/mol. The van der Waals surface area contributed by atoms with E-state index in [4.69, 9.17) is 0 Å². The van der Waals surface area contributed by atoms with E-state index in [1.807, 2.05) is 0 Å². The molecule has 1 N–H and O–H groups in total. The summed E-state index contributed by atoms with van der Waals surface area (Å²) in [6.07, 6.45) is 6.68. The molecule has 0 aromatic rings. The maximum Gasteiger partial charge on any atom is 0.222 e. The van der Waals surface area contributed by atoms with Gasteiger partial charge in [0.25, 0.3) is 0 Å². The van der Waals surface area contributed by atoms with Crippen molar-refractivity contribution in [1.82, 2.24) is 15.1 Å². The monoisotopic (exact) mass is 267 g/mol. The molecule has 0 spiro atoms. The zero-order chi connectivity index (χ0) is 13.7. The van der Waals surface area contributed by atoms with Gasteiger partial charge in [-0.3, -0.25) is 4.79 Å². The zero-order valence-corrected chi connectivity index (χ0v) is 12.5. The minimum Gasteiger partial charge on any atom is -0.339 e. The molecule has 2 fully saturated rings. The maximum absolute atomic E-state index is 12.4. The van der Waals surface area contributed by atoms with Crippen LogP contribution in [0.3, 0.4) is 0 Å². The fourth-order valence-corrected chi connectivity index (χ4v) is 3.35. The lowest BCUT2D eigenvalue weighted by molar-refractivity contribution is -0.133. The lowest BCUT2D eigenvalue weighted by atomic mass is 10.00. The van der Waals surface area contributed by atoms with E-state index in [9.17, 15) is 4.79 Å². The molecule has 0 saturated carbocycles. The summed E-state index contributed by atoms with van der Waals surface area (Å²) in [4.78, 5) is 16.8. The topological polar surface area (TPSA) is 35.6 Å². The second-order valence-corrected chi connectivity index (χ2v) is 6.24. The van der Waals surface area contributed by atoms with E-state index in [1.165, 1.54) is 19.3 Å². The lowest BCUT2D eigenvalue weighted by Gasteiger charge is -2.29. The summed E-state index contributed by atoms with van der Waals surface area (Å²) in [6, 6.07) is 0.932. The van der Waals surface area contributed by atoms with Crippen molar-refractivity contribution in [2.75, 3.05) is 33.2 Å². The van der Waals surface area contributed by atoms with Gasteiger partial charge in [-0.15, -0.1) is 0 Å². The standard InChI is InChI=1S/C15H29N3O/c1-13-12-17(2)10-5-11-18(13)15(19)8-7-14-6-3-4-9-16-14/h13-14,16H,3-12H2,1-2H3. The first kappa shape index (κ1) is 14.8. The Morgan fingerprint density at radius 2 is 2.11 bits per heavy atom. The molecule has 2 aliphatic heterocycles. The molecule has 110 valence electrons. The van der Waals surface area contributed by atoms with Gasteiger partial charge in [-0.25, -0.2) is 0 Å². The SMILES string of the molecule is CC1CN(C)CCCN1C(=O)CCC1CCCCN1. The molecular formula is C15H29N3O. The highest BCUT2D eigenvalue weighted by molar-refractivity contribution is 5.76. The first-order valence-corrected chi connectivity index (χ1v) is 7.88. The van der Waals surface area contributed by atoms with E-state index in [-0.39, 0.29) is 0 Å². The molecule has 2 atom stereocenters. The van der Waals surface area contributed by atoms with Crippen LogP contribution in [0.1, 0.15) is 45.4 Å². The average molecular weight is 267 g/mol. The van der Waals surface area contributed by atoms with Crippen LogP contribution in [0.2, 0.25) is 0 Å². The van der Waals surface area contributed by atoms with E-state index in [1.54, 1.807) is 0 Å². The van der Waals surface area contributed by atoms with Crippen LogP contribution in [-0.4, -0.2) is 61.0 Å². The van der Waals surface area contributed by atoms with E-state index >= 15 is 0 Å². The van der Waals surface area contributed by atoms with Crippen molar-refractivity contribution in [3.8, 4) is 0 Å². The first-order valence-electron chi connectivity index (χ1n) is 7.88. The van der Waals surface area contributed by atoms with Crippen LogP contribution in [0.15, 0.2) is 0 Å². The van der Waals surface area contributed by atoms with Gasteiger partial charge in [-0.05, 0) is 52.7 Å². The highest BCUT2D eigenvalue weighted by Gasteiger charge is 2.24. The van der Waals surface area contributed by atoms with Crippen LogP contribution in [0.5, 0.6) is 0 Å². The van der Waals surface area contributed by atoms with Gasteiger partial charge in [0.2, 0.25) is 5.91 Å². The Kier molecular flexibility index (Phi) is 5.64. The third-order valence-electron chi connectivity index (χ3n) is 4.49. The summed E-state index contributed by atoms with van der Waals surface area (Å²) in [7, 11) is 2.15. The zero-order valence-electron chi connectivity index (χ0n) is 12.5. The van der Waals surface area contributed by atoms with Gasteiger partial charge in [0.05, 0.1) is 0 Å². The number of carbonyl (C=O) groups excluding carboxylic acids is 1. The molecule has 2 rings (SSSR count). The summed E-state index contributed by atoms with van der Waals surface area (Å²) >= 11 is 0. The van der Waals surface area contributed by atoms with E-state index in [0.29, 0.717) is 24.4 Å². The van der Waals surface area contributed by atoms with Gasteiger partial charge < -0.3 is 15.1 Å². The Hall–Kier alpha value is -0.610. The Morgan fingerprint density at radius 1 is 1.26 bits per heavy atom. The van der Waals surface area contributed by atoms with Crippen molar-refractivity contribution in [3.63, 3.8) is 0 Å². The number of piperidine rings is 1. The molecule has 2 saturated heterocycles. The van der Waals surface area contributed by atoms with Crippen LogP contribution in [0.4, 0.5) is 0 Å². The third-order valence-corrected chi connectivity index (χ3v) is 4.49.